The Morgan fingerprint density at radius 3 is 2.73 bits per heavy atom. The molecule has 0 aromatic heterocycles. The molecule has 2 nitrogen and oxygen atoms in total. The van der Waals surface area contributed by atoms with Crippen LogP contribution in [0.2, 0.25) is 0 Å². The zero-order valence-electron chi connectivity index (χ0n) is 7.31. The highest BCUT2D eigenvalue weighted by atomic mass is 19.1. The van der Waals surface area contributed by atoms with Gasteiger partial charge in [-0.15, -0.1) is 0 Å². The first-order valence-electron chi connectivity index (χ1n) is 4.11. The average molecular weight is 160 g/mol. The summed E-state index contributed by atoms with van der Waals surface area (Å²) in [5, 5.41) is 0. The monoisotopic (exact) mass is 160 g/mol. The van der Waals surface area contributed by atoms with Crippen molar-refractivity contribution in [1.82, 2.24) is 4.90 Å². The van der Waals surface area contributed by atoms with Crippen molar-refractivity contribution in [3.05, 3.63) is 0 Å². The molecule has 1 aliphatic heterocycles. The van der Waals surface area contributed by atoms with Crippen molar-refractivity contribution in [2.24, 2.45) is 11.1 Å². The molecule has 0 aromatic carbocycles. The fourth-order valence-electron chi connectivity index (χ4n) is 1.76. The summed E-state index contributed by atoms with van der Waals surface area (Å²) < 4.78 is 13.2. The molecule has 0 amide bonds. The molecule has 0 saturated carbocycles. The Hall–Kier alpha value is -0.150. The maximum atomic E-state index is 13.2. The van der Waals surface area contributed by atoms with Crippen molar-refractivity contribution in [2.45, 2.75) is 19.5 Å². The standard InChI is InChI=1S/C8H17FN2/c1-8(7(9)5-10)3-4-11(2)6-8/h7H,3-6,10H2,1-2H3. The van der Waals surface area contributed by atoms with Gasteiger partial charge >= 0.3 is 0 Å². The van der Waals surface area contributed by atoms with Gasteiger partial charge in [-0.05, 0) is 20.0 Å². The molecule has 3 heteroatoms. The van der Waals surface area contributed by atoms with Gasteiger partial charge in [-0.3, -0.25) is 0 Å². The third-order valence-electron chi connectivity index (χ3n) is 2.66. The largest absolute Gasteiger partial charge is 0.328 e. The first kappa shape index (κ1) is 8.94. The number of likely N-dealkylation sites (tertiary alicyclic amines) is 1. The molecule has 2 unspecified atom stereocenters. The maximum absolute atomic E-state index is 13.2. The Morgan fingerprint density at radius 1 is 1.73 bits per heavy atom. The van der Waals surface area contributed by atoms with Crippen LogP contribution in [0.5, 0.6) is 0 Å². The molecule has 1 aliphatic rings. The summed E-state index contributed by atoms with van der Waals surface area (Å²) in [6.07, 6.45) is 0.0921. The lowest BCUT2D eigenvalue weighted by Gasteiger charge is -2.26. The summed E-state index contributed by atoms with van der Waals surface area (Å²) in [6.45, 7) is 3.97. The Morgan fingerprint density at radius 2 is 2.36 bits per heavy atom. The van der Waals surface area contributed by atoms with E-state index in [-0.39, 0.29) is 12.0 Å². The van der Waals surface area contributed by atoms with Gasteiger partial charge in [0.25, 0.3) is 0 Å². The van der Waals surface area contributed by atoms with E-state index in [1.54, 1.807) is 0 Å². The predicted octanol–water partition coefficient (Wildman–Crippen LogP) is 0.625. The molecule has 1 saturated heterocycles. The van der Waals surface area contributed by atoms with Crippen LogP contribution in [0.4, 0.5) is 4.39 Å². The number of halogens is 1. The minimum atomic E-state index is -0.840. The molecule has 11 heavy (non-hydrogen) atoms. The van der Waals surface area contributed by atoms with E-state index in [1.807, 2.05) is 14.0 Å². The van der Waals surface area contributed by atoms with Gasteiger partial charge in [0.1, 0.15) is 6.17 Å². The second-order valence-corrected chi connectivity index (χ2v) is 3.85. The zero-order valence-corrected chi connectivity index (χ0v) is 7.31. The summed E-state index contributed by atoms with van der Waals surface area (Å²) in [5.41, 5.74) is 5.10. The van der Waals surface area contributed by atoms with Crippen molar-refractivity contribution < 1.29 is 4.39 Å². The highest BCUT2D eigenvalue weighted by molar-refractivity contribution is 4.91. The van der Waals surface area contributed by atoms with E-state index < -0.39 is 6.17 Å². The molecule has 0 bridgehead atoms. The lowest BCUT2D eigenvalue weighted by Crippen LogP contribution is -2.36. The van der Waals surface area contributed by atoms with Crippen LogP contribution < -0.4 is 5.73 Å². The van der Waals surface area contributed by atoms with E-state index in [4.69, 9.17) is 5.73 Å². The fraction of sp³-hybridized carbons (Fsp3) is 1.00. The smallest absolute Gasteiger partial charge is 0.119 e. The van der Waals surface area contributed by atoms with E-state index in [9.17, 15) is 4.39 Å². The highest BCUT2D eigenvalue weighted by Crippen LogP contribution is 2.33. The topological polar surface area (TPSA) is 29.3 Å². The minimum absolute atomic E-state index is 0.157. The molecule has 2 N–H and O–H groups in total. The number of nitrogens with zero attached hydrogens (tertiary/aromatic N) is 1. The Kier molecular flexibility index (Phi) is 2.50. The summed E-state index contributed by atoms with van der Waals surface area (Å²) >= 11 is 0. The van der Waals surface area contributed by atoms with Gasteiger partial charge in [-0.2, -0.15) is 0 Å². The van der Waals surface area contributed by atoms with Crippen LogP contribution in [0.3, 0.4) is 0 Å². The minimum Gasteiger partial charge on any atom is -0.328 e. The molecular weight excluding hydrogens is 143 g/mol. The summed E-state index contributed by atoms with van der Waals surface area (Å²) in [5.74, 6) is 0. The molecule has 0 aromatic rings. The van der Waals surface area contributed by atoms with Crippen molar-refractivity contribution in [2.75, 3.05) is 26.7 Å². The second kappa shape index (κ2) is 3.07. The third kappa shape index (κ3) is 1.71. The first-order valence-corrected chi connectivity index (χ1v) is 4.11. The molecule has 1 rings (SSSR count). The molecule has 66 valence electrons. The van der Waals surface area contributed by atoms with Crippen LogP contribution in [-0.2, 0) is 0 Å². The second-order valence-electron chi connectivity index (χ2n) is 3.85. The van der Waals surface area contributed by atoms with Crippen LogP contribution in [-0.4, -0.2) is 37.8 Å². The highest BCUT2D eigenvalue weighted by Gasteiger charge is 2.38. The molecule has 0 spiro atoms. The number of rotatable bonds is 2. The molecule has 1 heterocycles. The van der Waals surface area contributed by atoms with Crippen LogP contribution in [0.15, 0.2) is 0 Å². The lowest BCUT2D eigenvalue weighted by atomic mass is 9.84. The van der Waals surface area contributed by atoms with Crippen LogP contribution in [0, 0.1) is 5.41 Å². The number of nitrogens with two attached hydrogens (primary N) is 1. The number of alkyl halides is 1. The van der Waals surface area contributed by atoms with Gasteiger partial charge in [0, 0.05) is 18.5 Å². The van der Waals surface area contributed by atoms with E-state index >= 15 is 0 Å². The first-order chi connectivity index (χ1) is 5.08. The Bertz CT molecular complexity index is 140. The molecule has 0 radical (unpaired) electrons. The molecule has 1 fully saturated rings. The number of hydrogen-bond donors (Lipinski definition) is 1. The van der Waals surface area contributed by atoms with Gasteiger partial charge in [0.15, 0.2) is 0 Å². The van der Waals surface area contributed by atoms with E-state index in [0.717, 1.165) is 19.5 Å². The van der Waals surface area contributed by atoms with Gasteiger partial charge in [0.2, 0.25) is 0 Å². The Balaban J connectivity index is 2.54. The van der Waals surface area contributed by atoms with Gasteiger partial charge < -0.3 is 10.6 Å². The SMILES string of the molecule is CN1CCC(C)(C(F)CN)C1. The normalized spacial score (nSPS) is 36.0. The fourth-order valence-corrected chi connectivity index (χ4v) is 1.76. The summed E-state index contributed by atoms with van der Waals surface area (Å²) in [4.78, 5) is 2.16. The van der Waals surface area contributed by atoms with Gasteiger partial charge in [-0.1, -0.05) is 6.92 Å². The van der Waals surface area contributed by atoms with Crippen molar-refractivity contribution in [3.63, 3.8) is 0 Å². The van der Waals surface area contributed by atoms with Gasteiger partial charge in [-0.25, -0.2) is 4.39 Å². The number of hydrogen-bond acceptors (Lipinski definition) is 2. The predicted molar refractivity (Wildman–Crippen MR) is 44.2 cm³/mol. The summed E-state index contributed by atoms with van der Waals surface area (Å²) in [6, 6.07) is 0. The molecular formula is C8H17FN2. The van der Waals surface area contributed by atoms with Crippen LogP contribution in [0.25, 0.3) is 0 Å². The van der Waals surface area contributed by atoms with Crippen LogP contribution >= 0.6 is 0 Å². The lowest BCUT2D eigenvalue weighted by molar-refractivity contribution is 0.139. The van der Waals surface area contributed by atoms with Crippen LogP contribution in [0.1, 0.15) is 13.3 Å². The van der Waals surface area contributed by atoms with E-state index in [2.05, 4.69) is 4.90 Å². The zero-order chi connectivity index (χ0) is 8.48. The molecule has 2 atom stereocenters. The van der Waals surface area contributed by atoms with E-state index in [0.29, 0.717) is 0 Å². The average Bonchev–Trinajstić information content (AvgIpc) is 2.31. The van der Waals surface area contributed by atoms with Crippen molar-refractivity contribution in [1.29, 1.82) is 0 Å². The molecule has 0 aliphatic carbocycles. The maximum Gasteiger partial charge on any atom is 0.119 e. The quantitative estimate of drug-likeness (QED) is 0.642. The Labute approximate surface area is 67.6 Å². The van der Waals surface area contributed by atoms with Crippen molar-refractivity contribution in [3.8, 4) is 0 Å². The summed E-state index contributed by atoms with van der Waals surface area (Å²) in [7, 11) is 2.02. The van der Waals surface area contributed by atoms with Gasteiger partial charge in [0.05, 0.1) is 0 Å². The third-order valence-corrected chi connectivity index (χ3v) is 2.66. The van der Waals surface area contributed by atoms with Crippen molar-refractivity contribution >= 4 is 0 Å². The van der Waals surface area contributed by atoms with E-state index in [1.165, 1.54) is 0 Å².